The zero-order chi connectivity index (χ0) is 7.82. The Bertz CT molecular complexity index is 83.6. The first-order valence-electron chi connectivity index (χ1n) is 3.78. The first kappa shape index (κ1) is 9.43. The third kappa shape index (κ3) is 5.56. The zero-order valence-electron chi connectivity index (χ0n) is 6.52. The van der Waals surface area contributed by atoms with E-state index in [-0.39, 0.29) is 5.91 Å². The molecular weight excluding hydrogens is 128 g/mol. The largest absolute Gasteiger partial charge is 0.356 e. The van der Waals surface area contributed by atoms with E-state index < -0.39 is 0 Å². The molecule has 0 aromatic carbocycles. The summed E-state index contributed by atoms with van der Waals surface area (Å²) in [6.07, 6.45) is 2.35. The average molecular weight is 144 g/mol. The molecule has 3 nitrogen and oxygen atoms in total. The summed E-state index contributed by atoms with van der Waals surface area (Å²) in [7, 11) is 0. The molecule has 0 bridgehead atoms. The molecule has 0 aromatic rings. The van der Waals surface area contributed by atoms with Crippen LogP contribution >= 0.6 is 0 Å². The molecule has 0 fully saturated rings. The lowest BCUT2D eigenvalue weighted by Crippen LogP contribution is -2.24. The molecule has 0 rings (SSSR count). The molecule has 0 aliphatic heterocycles. The monoisotopic (exact) mass is 144 g/mol. The second-order valence-electron chi connectivity index (χ2n) is 2.24. The van der Waals surface area contributed by atoms with Crippen molar-refractivity contribution in [1.29, 1.82) is 0 Å². The van der Waals surface area contributed by atoms with Gasteiger partial charge in [0.2, 0.25) is 5.91 Å². The van der Waals surface area contributed by atoms with Crippen LogP contribution < -0.4 is 11.1 Å². The summed E-state index contributed by atoms with van der Waals surface area (Å²) in [4.78, 5) is 10.8. The highest BCUT2D eigenvalue weighted by Crippen LogP contribution is 1.84. The van der Waals surface area contributed by atoms with Gasteiger partial charge in [-0.1, -0.05) is 6.92 Å². The summed E-state index contributed by atoms with van der Waals surface area (Å²) in [6.45, 7) is 3.41. The van der Waals surface area contributed by atoms with Gasteiger partial charge in [0.25, 0.3) is 0 Å². The van der Waals surface area contributed by atoms with Crippen LogP contribution in [0.25, 0.3) is 0 Å². The maximum absolute atomic E-state index is 10.8. The Hall–Kier alpha value is -0.570. The predicted molar refractivity (Wildman–Crippen MR) is 41.6 cm³/mol. The number of nitrogens with two attached hydrogens (primary N) is 1. The van der Waals surface area contributed by atoms with Crippen molar-refractivity contribution in [2.75, 3.05) is 13.1 Å². The maximum Gasteiger partial charge on any atom is 0.220 e. The van der Waals surface area contributed by atoms with Crippen LogP contribution in [0, 0.1) is 0 Å². The molecule has 10 heavy (non-hydrogen) atoms. The minimum absolute atomic E-state index is 0.118. The van der Waals surface area contributed by atoms with E-state index in [0.717, 1.165) is 19.4 Å². The number of carbonyl (C=O) groups is 1. The van der Waals surface area contributed by atoms with Crippen molar-refractivity contribution >= 4 is 5.91 Å². The van der Waals surface area contributed by atoms with E-state index in [1.807, 2.05) is 6.92 Å². The lowest BCUT2D eigenvalue weighted by atomic mass is 10.3. The van der Waals surface area contributed by atoms with E-state index in [1.165, 1.54) is 0 Å². The maximum atomic E-state index is 10.8. The van der Waals surface area contributed by atoms with Gasteiger partial charge in [0.05, 0.1) is 0 Å². The van der Waals surface area contributed by atoms with E-state index in [1.54, 1.807) is 0 Å². The fourth-order valence-electron chi connectivity index (χ4n) is 0.615. The first-order valence-corrected chi connectivity index (χ1v) is 3.78. The Labute approximate surface area is 62.0 Å². The van der Waals surface area contributed by atoms with Crippen molar-refractivity contribution in [3.05, 3.63) is 0 Å². The number of amides is 1. The Morgan fingerprint density at radius 3 is 2.80 bits per heavy atom. The molecule has 3 N–H and O–H groups in total. The third-order valence-corrected chi connectivity index (χ3v) is 1.18. The Morgan fingerprint density at radius 2 is 2.30 bits per heavy atom. The lowest BCUT2D eigenvalue weighted by Gasteiger charge is -2.00. The molecule has 0 spiro atoms. The topological polar surface area (TPSA) is 55.1 Å². The van der Waals surface area contributed by atoms with E-state index >= 15 is 0 Å². The van der Waals surface area contributed by atoms with Gasteiger partial charge in [-0.25, -0.2) is 0 Å². The van der Waals surface area contributed by atoms with Crippen molar-refractivity contribution in [2.45, 2.75) is 26.2 Å². The fraction of sp³-hybridized carbons (Fsp3) is 0.857. The number of nitrogens with one attached hydrogen (secondary N) is 1. The van der Waals surface area contributed by atoms with Crippen molar-refractivity contribution < 1.29 is 4.79 Å². The van der Waals surface area contributed by atoms with Gasteiger partial charge in [0.15, 0.2) is 0 Å². The van der Waals surface area contributed by atoms with Crippen molar-refractivity contribution in [3.8, 4) is 0 Å². The van der Waals surface area contributed by atoms with Gasteiger partial charge in [0.1, 0.15) is 0 Å². The van der Waals surface area contributed by atoms with Crippen LogP contribution in [0.4, 0.5) is 0 Å². The molecule has 60 valence electrons. The van der Waals surface area contributed by atoms with Crippen LogP contribution in [0.5, 0.6) is 0 Å². The van der Waals surface area contributed by atoms with Crippen LogP contribution in [0.2, 0.25) is 0 Å². The van der Waals surface area contributed by atoms with E-state index in [9.17, 15) is 4.79 Å². The fourth-order valence-corrected chi connectivity index (χ4v) is 0.615. The molecule has 0 unspecified atom stereocenters. The number of hydrogen-bond acceptors (Lipinski definition) is 2. The third-order valence-electron chi connectivity index (χ3n) is 1.18. The molecular formula is C7H16N2O. The van der Waals surface area contributed by atoms with Crippen molar-refractivity contribution in [3.63, 3.8) is 0 Å². The first-order chi connectivity index (χ1) is 4.81. The van der Waals surface area contributed by atoms with Crippen LogP contribution in [-0.2, 0) is 4.79 Å². The molecule has 0 aliphatic carbocycles. The molecule has 0 heterocycles. The molecule has 0 atom stereocenters. The van der Waals surface area contributed by atoms with Gasteiger partial charge in [-0.15, -0.1) is 0 Å². The predicted octanol–water partition coefficient (Wildman–Crippen LogP) is 0.251. The summed E-state index contributed by atoms with van der Waals surface area (Å²) < 4.78 is 0. The molecule has 0 radical (unpaired) electrons. The summed E-state index contributed by atoms with van der Waals surface area (Å²) in [5.74, 6) is 0.118. The van der Waals surface area contributed by atoms with Crippen LogP contribution in [-0.4, -0.2) is 19.0 Å². The van der Waals surface area contributed by atoms with Crippen molar-refractivity contribution in [1.82, 2.24) is 5.32 Å². The van der Waals surface area contributed by atoms with Gasteiger partial charge in [-0.3, -0.25) is 4.79 Å². The van der Waals surface area contributed by atoms with Crippen LogP contribution in [0.3, 0.4) is 0 Å². The molecule has 1 amide bonds. The number of rotatable bonds is 5. The van der Waals surface area contributed by atoms with E-state index in [4.69, 9.17) is 5.73 Å². The smallest absolute Gasteiger partial charge is 0.220 e. The minimum atomic E-state index is 0.118. The molecule has 0 aromatic heterocycles. The SMILES string of the molecule is CCCNC(=O)CCCN. The Kier molecular flexibility index (Phi) is 6.18. The highest BCUT2D eigenvalue weighted by atomic mass is 16.1. The van der Waals surface area contributed by atoms with Crippen LogP contribution in [0.1, 0.15) is 26.2 Å². The molecule has 0 aliphatic rings. The van der Waals surface area contributed by atoms with Gasteiger partial charge in [-0.2, -0.15) is 0 Å². The Balaban J connectivity index is 3.09. The highest BCUT2D eigenvalue weighted by Gasteiger charge is 1.96. The second-order valence-corrected chi connectivity index (χ2v) is 2.24. The van der Waals surface area contributed by atoms with Gasteiger partial charge in [0, 0.05) is 13.0 Å². The van der Waals surface area contributed by atoms with E-state index in [2.05, 4.69) is 5.32 Å². The number of hydrogen-bond donors (Lipinski definition) is 2. The summed E-state index contributed by atoms with van der Waals surface area (Å²) >= 11 is 0. The summed E-state index contributed by atoms with van der Waals surface area (Å²) in [6, 6.07) is 0. The Morgan fingerprint density at radius 1 is 1.60 bits per heavy atom. The van der Waals surface area contributed by atoms with Crippen LogP contribution in [0.15, 0.2) is 0 Å². The second kappa shape index (κ2) is 6.55. The van der Waals surface area contributed by atoms with Gasteiger partial charge < -0.3 is 11.1 Å². The zero-order valence-corrected chi connectivity index (χ0v) is 6.52. The summed E-state index contributed by atoms with van der Waals surface area (Å²) in [5.41, 5.74) is 5.23. The summed E-state index contributed by atoms with van der Waals surface area (Å²) in [5, 5.41) is 2.77. The molecule has 0 saturated heterocycles. The highest BCUT2D eigenvalue weighted by molar-refractivity contribution is 5.75. The molecule has 0 saturated carbocycles. The van der Waals surface area contributed by atoms with Crippen molar-refractivity contribution in [2.24, 2.45) is 5.73 Å². The molecule has 3 heteroatoms. The standard InChI is InChI=1S/C7H16N2O/c1-2-6-9-7(10)4-3-5-8/h2-6,8H2,1H3,(H,9,10). The minimum Gasteiger partial charge on any atom is -0.356 e. The average Bonchev–Trinajstić information content (AvgIpc) is 1.97. The van der Waals surface area contributed by atoms with Gasteiger partial charge in [-0.05, 0) is 19.4 Å². The quantitative estimate of drug-likeness (QED) is 0.581. The number of carbonyl (C=O) groups excluding carboxylic acids is 1. The van der Waals surface area contributed by atoms with Gasteiger partial charge >= 0.3 is 0 Å². The van der Waals surface area contributed by atoms with E-state index in [0.29, 0.717) is 13.0 Å². The normalized spacial score (nSPS) is 9.40. The lowest BCUT2D eigenvalue weighted by molar-refractivity contribution is -0.121.